The molecule has 24 heavy (non-hydrogen) atoms. The number of aryl methyl sites for hydroxylation is 2. The number of amides is 1. The summed E-state index contributed by atoms with van der Waals surface area (Å²) in [6.45, 7) is 5.53. The maximum Gasteiger partial charge on any atom is 0.262 e. The van der Waals surface area contributed by atoms with Crippen molar-refractivity contribution in [2.24, 2.45) is 7.05 Å². The van der Waals surface area contributed by atoms with E-state index >= 15 is 0 Å². The van der Waals surface area contributed by atoms with Gasteiger partial charge in [-0.1, -0.05) is 30.3 Å². The second-order valence-electron chi connectivity index (χ2n) is 5.87. The number of benzene rings is 1. The fraction of sp³-hybridized carbons (Fsp3) is 0.278. The maximum absolute atomic E-state index is 12.7. The molecule has 1 N–H and O–H groups in total. The van der Waals surface area contributed by atoms with Crippen molar-refractivity contribution in [1.82, 2.24) is 14.9 Å². The van der Waals surface area contributed by atoms with Crippen molar-refractivity contribution < 1.29 is 4.79 Å². The van der Waals surface area contributed by atoms with Gasteiger partial charge in [0.2, 0.25) is 0 Å². The van der Waals surface area contributed by atoms with Gasteiger partial charge in [0.25, 0.3) is 11.5 Å². The summed E-state index contributed by atoms with van der Waals surface area (Å²) < 4.78 is 1.51. The molecule has 2 aromatic heterocycles. The molecule has 1 aromatic carbocycles. The lowest BCUT2D eigenvalue weighted by Gasteiger charge is -2.13. The molecule has 5 nitrogen and oxygen atoms in total. The van der Waals surface area contributed by atoms with Gasteiger partial charge in [-0.05, 0) is 31.9 Å². The largest absolute Gasteiger partial charge is 0.345 e. The monoisotopic (exact) mass is 341 g/mol. The number of carbonyl (C=O) groups excluding carboxylic acids is 1. The molecule has 0 spiro atoms. The molecule has 1 atom stereocenters. The summed E-state index contributed by atoms with van der Waals surface area (Å²) in [5.74, 6) is 0.463. The summed E-state index contributed by atoms with van der Waals surface area (Å²) in [5.41, 5.74) is 1.62. The Kier molecular flexibility index (Phi) is 4.24. The third-order valence-corrected chi connectivity index (χ3v) is 5.43. The van der Waals surface area contributed by atoms with Crippen molar-refractivity contribution in [1.29, 1.82) is 0 Å². The molecule has 124 valence electrons. The highest BCUT2D eigenvalue weighted by molar-refractivity contribution is 7.20. The average Bonchev–Trinajstić information content (AvgIpc) is 2.90. The van der Waals surface area contributed by atoms with Crippen LogP contribution in [0, 0.1) is 13.8 Å². The van der Waals surface area contributed by atoms with E-state index in [0.717, 1.165) is 5.56 Å². The number of nitrogens with zero attached hydrogens (tertiary/aromatic N) is 2. The minimum Gasteiger partial charge on any atom is -0.345 e. The maximum atomic E-state index is 12.7. The molecule has 0 aliphatic heterocycles. The Hall–Kier alpha value is -2.47. The van der Waals surface area contributed by atoms with Gasteiger partial charge in [-0.2, -0.15) is 0 Å². The SMILES string of the molecule is Cc1c(C(=O)NC(C)c2ccccc2)sc2nc(C)n(C)c(=O)c12. The van der Waals surface area contributed by atoms with E-state index in [9.17, 15) is 9.59 Å². The van der Waals surface area contributed by atoms with Crippen LogP contribution >= 0.6 is 11.3 Å². The number of hydrogen-bond donors (Lipinski definition) is 1. The molecule has 2 heterocycles. The van der Waals surface area contributed by atoms with Gasteiger partial charge in [0.05, 0.1) is 16.3 Å². The molecular formula is C18H19N3O2S. The lowest BCUT2D eigenvalue weighted by Crippen LogP contribution is -2.26. The Labute approximate surface area is 144 Å². The van der Waals surface area contributed by atoms with Crippen LogP contribution in [0.4, 0.5) is 0 Å². The second-order valence-corrected chi connectivity index (χ2v) is 6.86. The van der Waals surface area contributed by atoms with Gasteiger partial charge in [-0.25, -0.2) is 4.98 Å². The number of aromatic nitrogens is 2. The predicted molar refractivity (Wildman–Crippen MR) is 96.7 cm³/mol. The number of hydrogen-bond acceptors (Lipinski definition) is 4. The molecule has 0 radical (unpaired) electrons. The molecule has 0 aliphatic carbocycles. The number of fused-ring (bicyclic) bond motifs is 1. The average molecular weight is 341 g/mol. The third-order valence-electron chi connectivity index (χ3n) is 4.25. The standard InChI is InChI=1S/C18H19N3O2S/c1-10-14-17(20-12(3)21(4)18(14)23)24-15(10)16(22)19-11(2)13-8-6-5-7-9-13/h5-9,11H,1-4H3,(H,19,22). The molecule has 0 aliphatic rings. The number of thiophene rings is 1. The molecule has 3 aromatic rings. The van der Waals surface area contributed by atoms with Crippen molar-refractivity contribution in [3.05, 3.63) is 62.5 Å². The minimum atomic E-state index is -0.174. The van der Waals surface area contributed by atoms with Gasteiger partial charge in [-0.15, -0.1) is 11.3 Å². The van der Waals surface area contributed by atoms with Crippen LogP contribution in [-0.2, 0) is 7.05 Å². The Morgan fingerprint density at radius 1 is 1.25 bits per heavy atom. The van der Waals surface area contributed by atoms with E-state index in [1.165, 1.54) is 15.9 Å². The molecule has 0 saturated heterocycles. The predicted octanol–water partition coefficient (Wildman–Crippen LogP) is 3.10. The number of nitrogens with one attached hydrogen (secondary N) is 1. The van der Waals surface area contributed by atoms with Crippen molar-refractivity contribution in [3.8, 4) is 0 Å². The van der Waals surface area contributed by atoms with Gasteiger partial charge < -0.3 is 5.32 Å². The molecule has 3 rings (SSSR count). The summed E-state index contributed by atoms with van der Waals surface area (Å²) in [6.07, 6.45) is 0. The first-order chi connectivity index (χ1) is 11.4. The van der Waals surface area contributed by atoms with Crippen molar-refractivity contribution in [2.75, 3.05) is 0 Å². The zero-order valence-electron chi connectivity index (χ0n) is 14.1. The Morgan fingerprint density at radius 3 is 2.58 bits per heavy atom. The molecule has 0 saturated carbocycles. The fourth-order valence-corrected chi connectivity index (χ4v) is 3.79. The van der Waals surface area contributed by atoms with Gasteiger partial charge in [0.15, 0.2) is 0 Å². The quantitative estimate of drug-likeness (QED) is 0.796. The van der Waals surface area contributed by atoms with Crippen LogP contribution in [0.15, 0.2) is 35.1 Å². The first kappa shape index (κ1) is 16.4. The zero-order valence-corrected chi connectivity index (χ0v) is 14.9. The molecule has 6 heteroatoms. The fourth-order valence-electron chi connectivity index (χ4n) is 2.67. The van der Waals surface area contributed by atoms with E-state index in [1.54, 1.807) is 20.9 Å². The van der Waals surface area contributed by atoms with E-state index in [2.05, 4.69) is 10.3 Å². The first-order valence-electron chi connectivity index (χ1n) is 7.72. The highest BCUT2D eigenvalue weighted by Crippen LogP contribution is 2.27. The Morgan fingerprint density at radius 2 is 1.92 bits per heavy atom. The lowest BCUT2D eigenvalue weighted by molar-refractivity contribution is 0.0943. The Balaban J connectivity index is 1.98. The molecule has 1 unspecified atom stereocenters. The summed E-state index contributed by atoms with van der Waals surface area (Å²) >= 11 is 1.27. The topological polar surface area (TPSA) is 64.0 Å². The lowest BCUT2D eigenvalue weighted by atomic mass is 10.1. The van der Waals surface area contributed by atoms with Crippen LogP contribution in [0.1, 0.15) is 39.6 Å². The number of rotatable bonds is 3. The summed E-state index contributed by atoms with van der Waals surface area (Å²) in [6, 6.07) is 9.67. The number of carbonyl (C=O) groups is 1. The summed E-state index contributed by atoms with van der Waals surface area (Å²) in [7, 11) is 1.69. The van der Waals surface area contributed by atoms with Crippen LogP contribution in [0.3, 0.4) is 0 Å². The first-order valence-corrected chi connectivity index (χ1v) is 8.54. The molecule has 1 amide bonds. The van der Waals surface area contributed by atoms with Gasteiger partial charge in [-0.3, -0.25) is 14.2 Å². The summed E-state index contributed by atoms with van der Waals surface area (Å²) in [5, 5.41) is 3.53. The highest BCUT2D eigenvalue weighted by Gasteiger charge is 2.21. The molecule has 0 bridgehead atoms. The normalized spacial score (nSPS) is 12.3. The van der Waals surface area contributed by atoms with E-state index in [4.69, 9.17) is 0 Å². The molecular weight excluding hydrogens is 322 g/mol. The zero-order chi connectivity index (χ0) is 17.4. The van der Waals surface area contributed by atoms with Crippen molar-refractivity contribution in [2.45, 2.75) is 26.8 Å². The molecule has 0 fully saturated rings. The van der Waals surface area contributed by atoms with Crippen LogP contribution < -0.4 is 10.9 Å². The Bertz CT molecular complexity index is 973. The van der Waals surface area contributed by atoms with Gasteiger partial charge >= 0.3 is 0 Å². The highest BCUT2D eigenvalue weighted by atomic mass is 32.1. The van der Waals surface area contributed by atoms with E-state index in [-0.39, 0.29) is 17.5 Å². The van der Waals surface area contributed by atoms with Gasteiger partial charge in [0, 0.05) is 7.05 Å². The van der Waals surface area contributed by atoms with E-state index in [1.807, 2.05) is 37.3 Å². The van der Waals surface area contributed by atoms with Crippen molar-refractivity contribution in [3.63, 3.8) is 0 Å². The minimum absolute atomic E-state index is 0.110. The van der Waals surface area contributed by atoms with Crippen LogP contribution in [0.2, 0.25) is 0 Å². The van der Waals surface area contributed by atoms with Crippen LogP contribution in [0.5, 0.6) is 0 Å². The van der Waals surface area contributed by atoms with Crippen molar-refractivity contribution >= 4 is 27.5 Å². The van der Waals surface area contributed by atoms with Gasteiger partial charge in [0.1, 0.15) is 10.7 Å². The van der Waals surface area contributed by atoms with E-state index < -0.39 is 0 Å². The second kappa shape index (κ2) is 6.20. The smallest absolute Gasteiger partial charge is 0.262 e. The summed E-state index contributed by atoms with van der Waals surface area (Å²) in [4.78, 5) is 30.7. The van der Waals surface area contributed by atoms with E-state index in [0.29, 0.717) is 26.5 Å². The third kappa shape index (κ3) is 2.73. The van der Waals surface area contributed by atoms with Crippen LogP contribution in [-0.4, -0.2) is 15.5 Å². The van der Waals surface area contributed by atoms with Crippen LogP contribution in [0.25, 0.3) is 10.2 Å².